The lowest BCUT2D eigenvalue weighted by atomic mass is 9.99. The van der Waals surface area contributed by atoms with Gasteiger partial charge in [0.25, 0.3) is 0 Å². The van der Waals surface area contributed by atoms with Gasteiger partial charge < -0.3 is 13.3 Å². The molecule has 1 saturated heterocycles. The quantitative estimate of drug-likeness (QED) is 0.174. The molecule has 3 N–H and O–H groups in total. The molecule has 3 atom stereocenters. The molecule has 0 bridgehead atoms. The van der Waals surface area contributed by atoms with Crippen molar-refractivity contribution >= 4 is 65.8 Å². The fraction of sp³-hybridized carbons (Fsp3) is 0.0667. The fourth-order valence-corrected chi connectivity index (χ4v) is 8.02. The highest BCUT2D eigenvalue weighted by atomic mass is 16.3. The standard InChI is InChI=1S/C45H31N3O3/c1-2-10-26(11-3-1)43-46-44(33-15-9-19-39-41(33)32-13-5-7-18-37(32)49-39)48-45(47-43)34-16-8-14-31-35-24-27(21-23-38(35)51-42(31)34)28-20-22-30-29-12-4-6-17-36(29)50-40(30)25-28/h1-25,43-48H. The van der Waals surface area contributed by atoms with Crippen LogP contribution in [0, 0.1) is 0 Å². The van der Waals surface area contributed by atoms with Gasteiger partial charge in [-0.2, -0.15) is 0 Å². The molecule has 1 aliphatic heterocycles. The number of benzene rings is 7. The molecule has 0 aliphatic carbocycles. The normalized spacial score (nSPS) is 18.2. The molecule has 1 fully saturated rings. The maximum atomic E-state index is 6.70. The van der Waals surface area contributed by atoms with Crippen LogP contribution >= 0.6 is 0 Å². The van der Waals surface area contributed by atoms with Crippen LogP contribution in [0.5, 0.6) is 0 Å². The average molecular weight is 662 g/mol. The van der Waals surface area contributed by atoms with E-state index >= 15 is 0 Å². The second-order valence-electron chi connectivity index (χ2n) is 13.4. The highest BCUT2D eigenvalue weighted by Gasteiger charge is 2.32. The van der Waals surface area contributed by atoms with Gasteiger partial charge in [0.15, 0.2) is 0 Å². The first-order valence-electron chi connectivity index (χ1n) is 17.4. The molecule has 0 spiro atoms. The zero-order valence-corrected chi connectivity index (χ0v) is 27.4. The van der Waals surface area contributed by atoms with Gasteiger partial charge in [-0.15, -0.1) is 0 Å². The first-order chi connectivity index (χ1) is 25.2. The zero-order valence-electron chi connectivity index (χ0n) is 27.4. The van der Waals surface area contributed by atoms with Gasteiger partial charge >= 0.3 is 0 Å². The van der Waals surface area contributed by atoms with Crippen molar-refractivity contribution in [2.45, 2.75) is 18.5 Å². The van der Waals surface area contributed by atoms with Crippen molar-refractivity contribution in [1.29, 1.82) is 0 Å². The van der Waals surface area contributed by atoms with Gasteiger partial charge in [0, 0.05) is 37.9 Å². The molecule has 0 saturated carbocycles. The molecule has 1 aliphatic rings. The summed E-state index contributed by atoms with van der Waals surface area (Å²) >= 11 is 0. The van der Waals surface area contributed by atoms with Crippen LogP contribution in [0.3, 0.4) is 0 Å². The average Bonchev–Trinajstić information content (AvgIpc) is 3.88. The van der Waals surface area contributed by atoms with E-state index in [0.29, 0.717) is 0 Å². The molecular weight excluding hydrogens is 631 g/mol. The summed E-state index contributed by atoms with van der Waals surface area (Å²) in [6.45, 7) is 0. The molecule has 11 rings (SSSR count). The van der Waals surface area contributed by atoms with Crippen molar-refractivity contribution in [3.05, 3.63) is 168 Å². The predicted molar refractivity (Wildman–Crippen MR) is 204 cm³/mol. The summed E-state index contributed by atoms with van der Waals surface area (Å²) in [6, 6.07) is 52.6. The Kier molecular flexibility index (Phi) is 6.27. The van der Waals surface area contributed by atoms with Crippen molar-refractivity contribution in [2.75, 3.05) is 0 Å². The minimum atomic E-state index is -0.228. The molecule has 6 heteroatoms. The first kappa shape index (κ1) is 28.6. The van der Waals surface area contributed by atoms with E-state index in [2.05, 4.69) is 137 Å². The molecule has 0 amide bonds. The smallest absolute Gasteiger partial charge is 0.141 e. The third-order valence-corrected chi connectivity index (χ3v) is 10.4. The molecule has 6 nitrogen and oxygen atoms in total. The number of para-hydroxylation sites is 3. The predicted octanol–water partition coefficient (Wildman–Crippen LogP) is 11.2. The highest BCUT2D eigenvalue weighted by Crippen LogP contribution is 2.40. The third-order valence-electron chi connectivity index (χ3n) is 10.4. The van der Waals surface area contributed by atoms with Gasteiger partial charge in [0.05, 0.1) is 18.5 Å². The molecular formula is C45H31N3O3. The number of hydrogen-bond acceptors (Lipinski definition) is 6. The van der Waals surface area contributed by atoms with Crippen LogP contribution < -0.4 is 16.0 Å². The van der Waals surface area contributed by atoms with Crippen LogP contribution in [0.4, 0.5) is 0 Å². The Labute approximate surface area is 292 Å². The Bertz CT molecular complexity index is 2940. The molecule has 3 aromatic heterocycles. The van der Waals surface area contributed by atoms with Gasteiger partial charge in [-0.05, 0) is 64.7 Å². The van der Waals surface area contributed by atoms with Crippen LogP contribution in [0.2, 0.25) is 0 Å². The summed E-state index contributed by atoms with van der Waals surface area (Å²) in [6.07, 6.45) is -0.546. The Hall–Kier alpha value is -6.18. The van der Waals surface area contributed by atoms with Crippen LogP contribution in [0.25, 0.3) is 76.9 Å². The van der Waals surface area contributed by atoms with E-state index in [1.165, 1.54) is 0 Å². The fourth-order valence-electron chi connectivity index (χ4n) is 8.02. The van der Waals surface area contributed by atoms with Crippen molar-refractivity contribution in [3.8, 4) is 11.1 Å². The molecule has 7 aromatic carbocycles. The van der Waals surface area contributed by atoms with Crippen LogP contribution in [0.1, 0.15) is 35.2 Å². The summed E-state index contributed by atoms with van der Waals surface area (Å²) < 4.78 is 19.2. The second kappa shape index (κ2) is 11.2. The van der Waals surface area contributed by atoms with Gasteiger partial charge in [-0.3, -0.25) is 16.0 Å². The number of fused-ring (bicyclic) bond motifs is 9. The Balaban J connectivity index is 1.02. The summed E-state index contributed by atoms with van der Waals surface area (Å²) in [5, 5.41) is 18.2. The number of furan rings is 3. The Morgan fingerprint density at radius 3 is 1.82 bits per heavy atom. The Morgan fingerprint density at radius 1 is 0.353 bits per heavy atom. The second-order valence-corrected chi connectivity index (χ2v) is 13.4. The molecule has 10 aromatic rings. The topological polar surface area (TPSA) is 75.5 Å². The minimum absolute atomic E-state index is 0.129. The van der Waals surface area contributed by atoms with E-state index in [4.69, 9.17) is 13.3 Å². The first-order valence-corrected chi connectivity index (χ1v) is 17.4. The lowest BCUT2D eigenvalue weighted by molar-refractivity contribution is 0.204. The van der Waals surface area contributed by atoms with Crippen LogP contribution in [-0.2, 0) is 0 Å². The van der Waals surface area contributed by atoms with Crippen molar-refractivity contribution < 1.29 is 13.3 Å². The third kappa shape index (κ3) is 4.55. The summed E-state index contributed by atoms with van der Waals surface area (Å²) in [5.41, 5.74) is 10.8. The minimum Gasteiger partial charge on any atom is -0.456 e. The van der Waals surface area contributed by atoms with Gasteiger partial charge in [-0.25, -0.2) is 0 Å². The van der Waals surface area contributed by atoms with E-state index < -0.39 is 0 Å². The van der Waals surface area contributed by atoms with E-state index in [1.807, 2.05) is 30.3 Å². The van der Waals surface area contributed by atoms with E-state index in [1.54, 1.807) is 0 Å². The summed E-state index contributed by atoms with van der Waals surface area (Å²) in [5.74, 6) is 0. The molecule has 0 radical (unpaired) electrons. The van der Waals surface area contributed by atoms with E-state index in [0.717, 1.165) is 93.6 Å². The summed E-state index contributed by atoms with van der Waals surface area (Å²) in [7, 11) is 0. The van der Waals surface area contributed by atoms with Crippen molar-refractivity contribution in [3.63, 3.8) is 0 Å². The monoisotopic (exact) mass is 661 g/mol. The van der Waals surface area contributed by atoms with E-state index in [-0.39, 0.29) is 18.5 Å². The van der Waals surface area contributed by atoms with Crippen molar-refractivity contribution in [2.24, 2.45) is 0 Å². The molecule has 3 unspecified atom stereocenters. The maximum absolute atomic E-state index is 6.70. The Morgan fingerprint density at radius 2 is 0.941 bits per heavy atom. The van der Waals surface area contributed by atoms with Gasteiger partial charge in [0.2, 0.25) is 0 Å². The highest BCUT2D eigenvalue weighted by molar-refractivity contribution is 6.09. The molecule has 51 heavy (non-hydrogen) atoms. The maximum Gasteiger partial charge on any atom is 0.141 e. The molecule has 4 heterocycles. The number of hydrogen-bond donors (Lipinski definition) is 3. The lowest BCUT2D eigenvalue weighted by Gasteiger charge is -2.39. The number of rotatable bonds is 4. The number of nitrogens with one attached hydrogen (secondary N) is 3. The molecule has 244 valence electrons. The zero-order chi connectivity index (χ0) is 33.5. The largest absolute Gasteiger partial charge is 0.456 e. The lowest BCUT2D eigenvalue weighted by Crippen LogP contribution is -2.54. The SMILES string of the molecule is c1ccc(C2NC(c3cccc4c3oc3ccc(-c5ccc6c(c5)oc5ccccc56)cc34)NC(c3cccc4oc5ccccc5c34)N2)cc1. The van der Waals surface area contributed by atoms with Gasteiger partial charge in [0.1, 0.15) is 33.5 Å². The summed E-state index contributed by atoms with van der Waals surface area (Å²) in [4.78, 5) is 0. The van der Waals surface area contributed by atoms with Crippen molar-refractivity contribution in [1.82, 2.24) is 16.0 Å². The van der Waals surface area contributed by atoms with E-state index in [9.17, 15) is 0 Å². The van der Waals surface area contributed by atoms with Crippen LogP contribution in [-0.4, -0.2) is 0 Å². The van der Waals surface area contributed by atoms with Gasteiger partial charge in [-0.1, -0.05) is 109 Å². The van der Waals surface area contributed by atoms with Crippen LogP contribution in [0.15, 0.2) is 165 Å².